The summed E-state index contributed by atoms with van der Waals surface area (Å²) in [5.74, 6) is -2.87. The maximum atomic E-state index is 11.3. The van der Waals surface area contributed by atoms with E-state index in [9.17, 15) is 24.3 Å². The second kappa shape index (κ2) is 8.60. The summed E-state index contributed by atoms with van der Waals surface area (Å²) < 4.78 is 25.0. The van der Waals surface area contributed by atoms with Crippen LogP contribution in [-0.2, 0) is 42.9 Å². The van der Waals surface area contributed by atoms with Gasteiger partial charge in [0.2, 0.25) is 6.29 Å². The van der Waals surface area contributed by atoms with Crippen LogP contribution in [0.4, 0.5) is 0 Å². The lowest BCUT2D eigenvalue weighted by Gasteiger charge is -2.42. The molecule has 1 heterocycles. The minimum Gasteiger partial charge on any atom is -0.463 e. The molecule has 0 aromatic carbocycles. The number of aliphatic hydroxyl groups is 1. The molecule has 0 unspecified atom stereocenters. The maximum Gasteiger partial charge on any atom is 0.305 e. The highest BCUT2D eigenvalue weighted by molar-refractivity contribution is 5.68. The normalized spacial score (nSPS) is 29.3. The number of carbonyl (C=O) groups excluding carboxylic acids is 4. The molecule has 0 amide bonds. The van der Waals surface area contributed by atoms with Gasteiger partial charge >= 0.3 is 23.9 Å². The molecule has 10 nitrogen and oxygen atoms in total. The van der Waals surface area contributed by atoms with Crippen LogP contribution in [-0.4, -0.2) is 66.3 Å². The summed E-state index contributed by atoms with van der Waals surface area (Å²) in [6, 6.07) is 0. The topological polar surface area (TPSA) is 135 Å². The average Bonchev–Trinajstić information content (AvgIpc) is 2.42. The zero-order valence-electron chi connectivity index (χ0n) is 13.7. The van der Waals surface area contributed by atoms with Crippen molar-refractivity contribution in [3.05, 3.63) is 0 Å². The van der Waals surface area contributed by atoms with E-state index in [0.29, 0.717) is 0 Å². The standard InChI is InChI=1S/C14H20O10/c1-6(15)20-5-10-12(21-7(2)16)13(22-8(3)17)11(19)14(24-10)23-9(4)18/h10-14,19H,5H2,1-4H3/t10-,11+,12-,13-,14+/m1/s1. The lowest BCUT2D eigenvalue weighted by atomic mass is 9.98. The highest BCUT2D eigenvalue weighted by Gasteiger charge is 2.51. The quantitative estimate of drug-likeness (QED) is 0.490. The molecule has 1 saturated heterocycles. The molecule has 1 rings (SSSR count). The third-order valence-corrected chi connectivity index (χ3v) is 2.95. The Labute approximate surface area is 137 Å². The van der Waals surface area contributed by atoms with Gasteiger partial charge in [-0.2, -0.15) is 0 Å². The number of hydrogen-bond donors (Lipinski definition) is 1. The number of carbonyl (C=O) groups is 4. The Morgan fingerprint density at radius 3 is 1.79 bits per heavy atom. The molecule has 5 atom stereocenters. The zero-order chi connectivity index (χ0) is 18.4. The second-order valence-corrected chi connectivity index (χ2v) is 5.09. The van der Waals surface area contributed by atoms with Crippen LogP contribution in [0, 0.1) is 0 Å². The van der Waals surface area contributed by atoms with E-state index in [2.05, 4.69) is 0 Å². The molecule has 136 valence electrons. The molecule has 10 heteroatoms. The van der Waals surface area contributed by atoms with Crippen molar-refractivity contribution in [1.82, 2.24) is 0 Å². The second-order valence-electron chi connectivity index (χ2n) is 5.09. The fraction of sp³-hybridized carbons (Fsp3) is 0.714. The third-order valence-electron chi connectivity index (χ3n) is 2.95. The van der Waals surface area contributed by atoms with E-state index in [1.165, 1.54) is 0 Å². The van der Waals surface area contributed by atoms with Crippen molar-refractivity contribution in [1.29, 1.82) is 0 Å². The summed E-state index contributed by atoms with van der Waals surface area (Å²) in [4.78, 5) is 44.7. The molecular formula is C14H20O10. The highest BCUT2D eigenvalue weighted by Crippen LogP contribution is 2.27. The Morgan fingerprint density at radius 2 is 1.33 bits per heavy atom. The van der Waals surface area contributed by atoms with Crippen molar-refractivity contribution in [2.75, 3.05) is 6.61 Å². The van der Waals surface area contributed by atoms with Crippen molar-refractivity contribution in [2.24, 2.45) is 0 Å². The van der Waals surface area contributed by atoms with Crippen LogP contribution in [0.1, 0.15) is 27.7 Å². The zero-order valence-corrected chi connectivity index (χ0v) is 13.7. The van der Waals surface area contributed by atoms with E-state index < -0.39 is 54.6 Å². The SMILES string of the molecule is CC(=O)OC[C@H]1O[C@H](OC(C)=O)[C@@H](O)[C@@H](OC(C)=O)[C@@H]1OC(C)=O. The summed E-state index contributed by atoms with van der Waals surface area (Å²) in [6.45, 7) is 4.09. The molecule has 0 aromatic rings. The van der Waals surface area contributed by atoms with E-state index in [0.717, 1.165) is 27.7 Å². The van der Waals surface area contributed by atoms with Gasteiger partial charge in [0.25, 0.3) is 0 Å². The van der Waals surface area contributed by atoms with Gasteiger partial charge in [-0.25, -0.2) is 0 Å². The lowest BCUT2D eigenvalue weighted by molar-refractivity contribution is -0.297. The molecule has 0 saturated carbocycles. The summed E-state index contributed by atoms with van der Waals surface area (Å²) in [5.41, 5.74) is 0. The fourth-order valence-electron chi connectivity index (χ4n) is 2.15. The Hall–Kier alpha value is -2.20. The van der Waals surface area contributed by atoms with Crippen molar-refractivity contribution in [3.8, 4) is 0 Å². The van der Waals surface area contributed by atoms with Gasteiger partial charge in [-0.1, -0.05) is 0 Å². The van der Waals surface area contributed by atoms with Gasteiger partial charge < -0.3 is 28.8 Å². The summed E-state index contributed by atoms with van der Waals surface area (Å²) in [5, 5.41) is 10.2. The van der Waals surface area contributed by atoms with Crippen LogP contribution in [0.25, 0.3) is 0 Å². The molecule has 1 fully saturated rings. The number of rotatable bonds is 5. The Morgan fingerprint density at radius 1 is 0.833 bits per heavy atom. The van der Waals surface area contributed by atoms with Crippen LogP contribution in [0.3, 0.4) is 0 Å². The van der Waals surface area contributed by atoms with Gasteiger partial charge in [0, 0.05) is 27.7 Å². The summed E-state index contributed by atoms with van der Waals surface area (Å²) in [7, 11) is 0. The fourth-order valence-corrected chi connectivity index (χ4v) is 2.15. The van der Waals surface area contributed by atoms with Crippen LogP contribution in [0.2, 0.25) is 0 Å². The summed E-state index contributed by atoms with van der Waals surface area (Å²) >= 11 is 0. The molecule has 0 aliphatic carbocycles. The van der Waals surface area contributed by atoms with Gasteiger partial charge in [-0.15, -0.1) is 0 Å². The molecule has 1 aliphatic rings. The molecule has 0 radical (unpaired) electrons. The molecule has 0 bridgehead atoms. The minimum atomic E-state index is -1.60. The van der Waals surface area contributed by atoms with Crippen molar-refractivity contribution in [3.63, 3.8) is 0 Å². The predicted octanol–water partition coefficient (Wildman–Crippen LogP) is -0.938. The molecule has 24 heavy (non-hydrogen) atoms. The maximum absolute atomic E-state index is 11.3. The Bertz CT molecular complexity index is 486. The average molecular weight is 348 g/mol. The van der Waals surface area contributed by atoms with E-state index in [1.54, 1.807) is 0 Å². The number of esters is 4. The van der Waals surface area contributed by atoms with Crippen molar-refractivity contribution in [2.45, 2.75) is 58.4 Å². The molecule has 1 aliphatic heterocycles. The van der Waals surface area contributed by atoms with E-state index >= 15 is 0 Å². The first-order chi connectivity index (χ1) is 11.1. The predicted molar refractivity (Wildman–Crippen MR) is 74.2 cm³/mol. The molecule has 0 aromatic heterocycles. The lowest BCUT2D eigenvalue weighted by Crippen LogP contribution is -2.62. The van der Waals surface area contributed by atoms with Gasteiger partial charge in [0.05, 0.1) is 0 Å². The Kier molecular flexibility index (Phi) is 7.11. The Balaban J connectivity index is 3.08. The van der Waals surface area contributed by atoms with Gasteiger partial charge in [-0.3, -0.25) is 19.2 Å². The van der Waals surface area contributed by atoms with Gasteiger partial charge in [-0.05, 0) is 0 Å². The largest absolute Gasteiger partial charge is 0.463 e. The van der Waals surface area contributed by atoms with E-state index in [-0.39, 0.29) is 6.61 Å². The van der Waals surface area contributed by atoms with E-state index in [4.69, 9.17) is 23.7 Å². The van der Waals surface area contributed by atoms with Crippen molar-refractivity contribution < 1.29 is 48.0 Å². The van der Waals surface area contributed by atoms with Gasteiger partial charge in [0.15, 0.2) is 18.3 Å². The van der Waals surface area contributed by atoms with Crippen molar-refractivity contribution >= 4 is 23.9 Å². The third kappa shape index (κ3) is 5.78. The van der Waals surface area contributed by atoms with E-state index in [1.807, 2.05) is 0 Å². The summed E-state index contributed by atoms with van der Waals surface area (Å²) in [6.07, 6.45) is -6.83. The molecule has 1 N–H and O–H groups in total. The number of hydrogen-bond acceptors (Lipinski definition) is 10. The first-order valence-corrected chi connectivity index (χ1v) is 7.10. The van der Waals surface area contributed by atoms with Crippen LogP contribution in [0.15, 0.2) is 0 Å². The number of aliphatic hydroxyl groups excluding tert-OH is 1. The number of ether oxygens (including phenoxy) is 5. The first kappa shape index (κ1) is 19.8. The smallest absolute Gasteiger partial charge is 0.305 e. The van der Waals surface area contributed by atoms with Crippen LogP contribution in [0.5, 0.6) is 0 Å². The first-order valence-electron chi connectivity index (χ1n) is 7.10. The minimum absolute atomic E-state index is 0.366. The monoisotopic (exact) mass is 348 g/mol. The molecule has 0 spiro atoms. The van der Waals surface area contributed by atoms with Crippen LogP contribution >= 0.6 is 0 Å². The molecular weight excluding hydrogens is 328 g/mol. The highest BCUT2D eigenvalue weighted by atomic mass is 16.7. The van der Waals surface area contributed by atoms with Gasteiger partial charge in [0.1, 0.15) is 12.7 Å². The van der Waals surface area contributed by atoms with Crippen LogP contribution < -0.4 is 0 Å².